The van der Waals surface area contributed by atoms with Crippen LogP contribution in [0, 0.1) is 11.3 Å². The lowest BCUT2D eigenvalue weighted by Gasteiger charge is -2.36. The third kappa shape index (κ3) is 5.06. The summed E-state index contributed by atoms with van der Waals surface area (Å²) in [5, 5.41) is 12.4. The highest BCUT2D eigenvalue weighted by Gasteiger charge is 2.20. The average Bonchev–Trinajstić information content (AvgIpc) is 3.11. The van der Waals surface area contributed by atoms with Crippen LogP contribution in [0.4, 0.5) is 5.95 Å². The quantitative estimate of drug-likeness (QED) is 0.608. The Morgan fingerprint density at radius 1 is 1.21 bits per heavy atom. The summed E-state index contributed by atoms with van der Waals surface area (Å²) in [6.45, 7) is 5.44. The highest BCUT2D eigenvalue weighted by molar-refractivity contribution is 5.80. The van der Waals surface area contributed by atoms with E-state index in [4.69, 9.17) is 5.26 Å². The highest BCUT2D eigenvalue weighted by atomic mass is 15.4. The molecule has 1 aromatic carbocycles. The molecule has 2 aromatic rings. The molecule has 1 aliphatic rings. The Morgan fingerprint density at radius 2 is 1.90 bits per heavy atom. The number of anilines is 1. The van der Waals surface area contributed by atoms with Gasteiger partial charge in [0.25, 0.3) is 0 Å². The van der Waals surface area contributed by atoms with E-state index in [1.165, 1.54) is 5.56 Å². The van der Waals surface area contributed by atoms with Crippen LogP contribution in [0.25, 0.3) is 0 Å². The number of benzene rings is 1. The summed E-state index contributed by atoms with van der Waals surface area (Å²) in [5.74, 6) is 1.86. The molecule has 1 fully saturated rings. The van der Waals surface area contributed by atoms with Crippen molar-refractivity contribution in [3.05, 3.63) is 47.3 Å². The van der Waals surface area contributed by atoms with Crippen molar-refractivity contribution in [2.24, 2.45) is 12.0 Å². The van der Waals surface area contributed by atoms with Crippen LogP contribution in [0.1, 0.15) is 16.8 Å². The summed E-state index contributed by atoms with van der Waals surface area (Å²) in [5.41, 5.74) is 3.07. The van der Waals surface area contributed by atoms with Crippen LogP contribution in [0.5, 0.6) is 0 Å². The zero-order valence-electron chi connectivity index (χ0n) is 17.8. The van der Waals surface area contributed by atoms with Gasteiger partial charge in [-0.1, -0.05) is 12.1 Å². The number of piperazine rings is 1. The van der Waals surface area contributed by atoms with Gasteiger partial charge in [-0.05, 0) is 17.7 Å². The van der Waals surface area contributed by atoms with Gasteiger partial charge < -0.3 is 19.7 Å². The molecule has 29 heavy (non-hydrogen) atoms. The molecule has 0 aliphatic carbocycles. The summed E-state index contributed by atoms with van der Waals surface area (Å²) in [6, 6.07) is 10.0. The van der Waals surface area contributed by atoms with Crippen molar-refractivity contribution >= 4 is 11.9 Å². The minimum atomic E-state index is 0.690. The molecule has 0 bridgehead atoms. The number of guanidine groups is 1. The Kier molecular flexibility index (Phi) is 6.73. The molecule has 0 amide bonds. The molecule has 2 heterocycles. The summed E-state index contributed by atoms with van der Waals surface area (Å²) in [6.07, 6.45) is 1.91. The first-order valence-electron chi connectivity index (χ1n) is 9.86. The number of nitrogens with zero attached hydrogens (tertiary/aromatic N) is 7. The molecule has 154 valence electrons. The number of aromatic nitrogens is 2. The summed E-state index contributed by atoms with van der Waals surface area (Å²) in [4.78, 5) is 15.7. The predicted molar refractivity (Wildman–Crippen MR) is 116 cm³/mol. The van der Waals surface area contributed by atoms with Crippen LogP contribution in [0.2, 0.25) is 0 Å². The van der Waals surface area contributed by atoms with Gasteiger partial charge in [0.05, 0.1) is 30.1 Å². The minimum Gasteiger partial charge on any atom is -0.351 e. The smallest absolute Gasteiger partial charge is 0.204 e. The van der Waals surface area contributed by atoms with Crippen molar-refractivity contribution < 1.29 is 0 Å². The van der Waals surface area contributed by atoms with Crippen LogP contribution in [-0.2, 0) is 20.1 Å². The van der Waals surface area contributed by atoms with Gasteiger partial charge >= 0.3 is 0 Å². The predicted octanol–water partition coefficient (Wildman–Crippen LogP) is 1.25. The fourth-order valence-corrected chi connectivity index (χ4v) is 3.58. The average molecular weight is 395 g/mol. The largest absolute Gasteiger partial charge is 0.351 e. The first-order valence-corrected chi connectivity index (χ1v) is 9.86. The normalized spacial score (nSPS) is 15.3. The van der Waals surface area contributed by atoms with Crippen molar-refractivity contribution in [2.75, 3.05) is 52.2 Å². The van der Waals surface area contributed by atoms with E-state index < -0.39 is 0 Å². The molecular formula is C21H30N8. The van der Waals surface area contributed by atoms with E-state index in [-0.39, 0.29) is 0 Å². The Morgan fingerprint density at radius 3 is 2.45 bits per heavy atom. The van der Waals surface area contributed by atoms with E-state index in [9.17, 15) is 0 Å². The van der Waals surface area contributed by atoms with E-state index in [1.807, 2.05) is 63.6 Å². The van der Waals surface area contributed by atoms with Crippen molar-refractivity contribution in [1.82, 2.24) is 24.7 Å². The number of hydrogen-bond acceptors (Lipinski definition) is 5. The molecule has 1 saturated heterocycles. The second-order valence-corrected chi connectivity index (χ2v) is 7.48. The SMILES string of the molecule is CN=C(NCc1cnc(N(C)C)n1C)N1CCN(Cc2ccc(C#N)cc2)CC1. The molecule has 0 spiro atoms. The third-order valence-corrected chi connectivity index (χ3v) is 5.26. The van der Waals surface area contributed by atoms with Gasteiger partial charge in [0.15, 0.2) is 5.96 Å². The molecule has 0 saturated carbocycles. The zero-order chi connectivity index (χ0) is 20.8. The van der Waals surface area contributed by atoms with Gasteiger partial charge in [0, 0.05) is 60.9 Å². The second-order valence-electron chi connectivity index (χ2n) is 7.48. The fraction of sp³-hybridized carbons (Fsp3) is 0.476. The molecular weight excluding hydrogens is 364 g/mol. The van der Waals surface area contributed by atoms with Gasteiger partial charge in [-0.2, -0.15) is 5.26 Å². The van der Waals surface area contributed by atoms with Crippen molar-refractivity contribution in [3.8, 4) is 6.07 Å². The molecule has 0 unspecified atom stereocenters. The van der Waals surface area contributed by atoms with Crippen LogP contribution in [0.15, 0.2) is 35.5 Å². The standard InChI is InChI=1S/C21H30N8/c1-23-20(24-14-19-15-25-21(26(2)3)27(19)4)29-11-9-28(10-12-29)16-18-7-5-17(13-22)6-8-18/h5-8,15H,9-12,14,16H2,1-4H3,(H,23,24). The zero-order valence-corrected chi connectivity index (χ0v) is 17.8. The van der Waals surface area contributed by atoms with E-state index in [2.05, 4.69) is 35.7 Å². The summed E-state index contributed by atoms with van der Waals surface area (Å²) >= 11 is 0. The minimum absolute atomic E-state index is 0.690. The fourth-order valence-electron chi connectivity index (χ4n) is 3.58. The van der Waals surface area contributed by atoms with Crippen molar-refractivity contribution in [3.63, 3.8) is 0 Å². The monoisotopic (exact) mass is 394 g/mol. The van der Waals surface area contributed by atoms with Crippen LogP contribution in [0.3, 0.4) is 0 Å². The topological polar surface area (TPSA) is 75.7 Å². The number of nitriles is 1. The van der Waals surface area contributed by atoms with Gasteiger partial charge in [0.1, 0.15) is 0 Å². The Labute approximate surface area is 173 Å². The van der Waals surface area contributed by atoms with E-state index in [0.717, 1.165) is 50.3 Å². The lowest BCUT2D eigenvalue weighted by molar-refractivity contribution is 0.172. The Bertz CT molecular complexity index is 867. The lowest BCUT2D eigenvalue weighted by Crippen LogP contribution is -2.52. The van der Waals surface area contributed by atoms with E-state index >= 15 is 0 Å². The van der Waals surface area contributed by atoms with Crippen LogP contribution < -0.4 is 10.2 Å². The van der Waals surface area contributed by atoms with Crippen molar-refractivity contribution in [2.45, 2.75) is 13.1 Å². The summed E-state index contributed by atoms with van der Waals surface area (Å²) < 4.78 is 2.09. The lowest BCUT2D eigenvalue weighted by atomic mass is 10.1. The molecule has 0 atom stereocenters. The highest BCUT2D eigenvalue weighted by Crippen LogP contribution is 2.12. The summed E-state index contributed by atoms with van der Waals surface area (Å²) in [7, 11) is 7.86. The maximum absolute atomic E-state index is 8.92. The number of aliphatic imine (C=N–C) groups is 1. The number of nitrogens with one attached hydrogen (secondary N) is 1. The van der Waals surface area contributed by atoms with Crippen molar-refractivity contribution in [1.29, 1.82) is 5.26 Å². The number of rotatable bonds is 5. The van der Waals surface area contributed by atoms with Crippen LogP contribution in [-0.4, -0.2) is 72.6 Å². The molecule has 0 radical (unpaired) electrons. The first-order chi connectivity index (χ1) is 14.0. The molecule has 3 rings (SSSR count). The first kappa shape index (κ1) is 20.7. The third-order valence-electron chi connectivity index (χ3n) is 5.26. The Hall–Kier alpha value is -3.05. The van der Waals surface area contributed by atoms with Gasteiger partial charge in [-0.3, -0.25) is 9.89 Å². The van der Waals surface area contributed by atoms with E-state index in [0.29, 0.717) is 12.1 Å². The Balaban J connectivity index is 1.50. The number of hydrogen-bond donors (Lipinski definition) is 1. The van der Waals surface area contributed by atoms with Gasteiger partial charge in [-0.25, -0.2) is 4.98 Å². The van der Waals surface area contributed by atoms with Gasteiger partial charge in [0.2, 0.25) is 5.95 Å². The van der Waals surface area contributed by atoms with E-state index in [1.54, 1.807) is 0 Å². The van der Waals surface area contributed by atoms with Gasteiger partial charge in [-0.15, -0.1) is 0 Å². The second kappa shape index (κ2) is 9.43. The van der Waals surface area contributed by atoms with Crippen LogP contribution >= 0.6 is 0 Å². The number of imidazole rings is 1. The maximum Gasteiger partial charge on any atom is 0.204 e. The molecule has 1 aromatic heterocycles. The maximum atomic E-state index is 8.92. The molecule has 1 N–H and O–H groups in total. The molecule has 1 aliphatic heterocycles. The molecule has 8 heteroatoms. The molecule has 8 nitrogen and oxygen atoms in total.